The summed E-state index contributed by atoms with van der Waals surface area (Å²) in [5.41, 5.74) is 1.95. The van der Waals surface area contributed by atoms with Gasteiger partial charge in [0.05, 0.1) is 31.2 Å². The van der Waals surface area contributed by atoms with E-state index in [-0.39, 0.29) is 17.2 Å². The molecule has 156 valence electrons. The summed E-state index contributed by atoms with van der Waals surface area (Å²) in [4.78, 5) is 32.0. The molecule has 0 saturated heterocycles. The summed E-state index contributed by atoms with van der Waals surface area (Å²) in [6.07, 6.45) is 0. The average molecular weight is 446 g/mol. The molecule has 1 heterocycles. The Kier molecular flexibility index (Phi) is 7.02. The SMILES string of the molecule is COc1ccc(-c2c(C)nc(SCC(=O)Nc3cccc(Cl)c3)[nH]c2=O)cc1OC. The lowest BCUT2D eigenvalue weighted by Gasteiger charge is -2.11. The smallest absolute Gasteiger partial charge is 0.259 e. The predicted molar refractivity (Wildman–Crippen MR) is 119 cm³/mol. The number of anilines is 1. The van der Waals surface area contributed by atoms with Crippen LogP contribution in [0.25, 0.3) is 11.1 Å². The highest BCUT2D eigenvalue weighted by molar-refractivity contribution is 7.99. The zero-order chi connectivity index (χ0) is 21.7. The molecule has 1 aromatic heterocycles. The number of aryl methyl sites for hydroxylation is 1. The molecule has 0 fully saturated rings. The van der Waals surface area contributed by atoms with E-state index in [1.54, 1.807) is 56.5 Å². The van der Waals surface area contributed by atoms with Crippen molar-refractivity contribution in [2.75, 3.05) is 25.3 Å². The summed E-state index contributed by atoms with van der Waals surface area (Å²) in [7, 11) is 3.08. The number of hydrogen-bond acceptors (Lipinski definition) is 6. The van der Waals surface area contributed by atoms with Crippen LogP contribution < -0.4 is 20.3 Å². The molecule has 2 aromatic carbocycles. The minimum atomic E-state index is -0.299. The number of amides is 1. The highest BCUT2D eigenvalue weighted by atomic mass is 35.5. The fourth-order valence-corrected chi connectivity index (χ4v) is 3.75. The van der Waals surface area contributed by atoms with Crippen LogP contribution in [0.15, 0.2) is 52.4 Å². The molecule has 0 aliphatic heterocycles. The zero-order valence-electron chi connectivity index (χ0n) is 16.6. The van der Waals surface area contributed by atoms with E-state index in [4.69, 9.17) is 21.1 Å². The Hall–Kier alpha value is -2.97. The van der Waals surface area contributed by atoms with Gasteiger partial charge in [0.15, 0.2) is 16.7 Å². The Morgan fingerprint density at radius 1 is 1.17 bits per heavy atom. The molecule has 9 heteroatoms. The van der Waals surface area contributed by atoms with E-state index in [1.807, 2.05) is 0 Å². The van der Waals surface area contributed by atoms with Crippen molar-refractivity contribution >= 4 is 35.0 Å². The van der Waals surface area contributed by atoms with Gasteiger partial charge in [-0.05, 0) is 42.8 Å². The topological polar surface area (TPSA) is 93.3 Å². The number of halogens is 1. The molecule has 1 amide bonds. The number of nitrogens with zero attached hydrogens (tertiary/aromatic N) is 1. The molecule has 0 unspecified atom stereocenters. The van der Waals surface area contributed by atoms with Crippen LogP contribution >= 0.6 is 23.4 Å². The molecule has 3 rings (SSSR count). The van der Waals surface area contributed by atoms with Crippen molar-refractivity contribution in [2.24, 2.45) is 0 Å². The van der Waals surface area contributed by atoms with Crippen LogP contribution in [-0.2, 0) is 4.79 Å². The van der Waals surface area contributed by atoms with Crippen LogP contribution in [0.4, 0.5) is 5.69 Å². The van der Waals surface area contributed by atoms with Crippen molar-refractivity contribution in [1.29, 1.82) is 0 Å². The second-order valence-electron chi connectivity index (χ2n) is 6.25. The van der Waals surface area contributed by atoms with Crippen LogP contribution in [0.5, 0.6) is 11.5 Å². The number of carbonyl (C=O) groups is 1. The third kappa shape index (κ3) is 5.14. The Labute approximate surface area is 182 Å². The van der Waals surface area contributed by atoms with Gasteiger partial charge < -0.3 is 19.8 Å². The standard InChI is InChI=1S/C21H20ClN3O4S/c1-12-19(13-7-8-16(28-2)17(9-13)29-3)20(27)25-21(23-12)30-11-18(26)24-15-6-4-5-14(22)10-15/h4-10H,11H2,1-3H3,(H,24,26)(H,23,25,27). The Bertz CT molecular complexity index is 1130. The highest BCUT2D eigenvalue weighted by Crippen LogP contribution is 2.32. The Balaban J connectivity index is 1.75. The summed E-state index contributed by atoms with van der Waals surface area (Å²) in [5, 5.41) is 3.65. The van der Waals surface area contributed by atoms with Crippen LogP contribution in [0.3, 0.4) is 0 Å². The number of H-pyrrole nitrogens is 1. The van der Waals surface area contributed by atoms with E-state index in [2.05, 4.69) is 15.3 Å². The van der Waals surface area contributed by atoms with Gasteiger partial charge in [-0.25, -0.2) is 4.98 Å². The molecule has 0 saturated carbocycles. The first kappa shape index (κ1) is 21.7. The fourth-order valence-electron chi connectivity index (χ4n) is 2.86. The molecule has 0 aliphatic carbocycles. The first-order valence-corrected chi connectivity index (χ1v) is 10.3. The zero-order valence-corrected chi connectivity index (χ0v) is 18.2. The van der Waals surface area contributed by atoms with Crippen molar-refractivity contribution < 1.29 is 14.3 Å². The van der Waals surface area contributed by atoms with Crippen molar-refractivity contribution in [2.45, 2.75) is 12.1 Å². The minimum Gasteiger partial charge on any atom is -0.493 e. The van der Waals surface area contributed by atoms with E-state index in [1.165, 1.54) is 7.11 Å². The molecule has 0 aliphatic rings. The molecule has 0 atom stereocenters. The number of rotatable bonds is 7. The fraction of sp³-hybridized carbons (Fsp3) is 0.190. The van der Waals surface area contributed by atoms with Crippen molar-refractivity contribution in [3.05, 3.63) is 63.5 Å². The van der Waals surface area contributed by atoms with Gasteiger partial charge in [-0.3, -0.25) is 9.59 Å². The maximum Gasteiger partial charge on any atom is 0.259 e. The first-order valence-electron chi connectivity index (χ1n) is 8.92. The summed E-state index contributed by atoms with van der Waals surface area (Å²) >= 11 is 7.06. The largest absolute Gasteiger partial charge is 0.493 e. The monoisotopic (exact) mass is 445 g/mol. The molecule has 0 radical (unpaired) electrons. The van der Waals surface area contributed by atoms with Gasteiger partial charge in [0.1, 0.15) is 0 Å². The maximum atomic E-state index is 12.7. The van der Waals surface area contributed by atoms with E-state index in [0.717, 1.165) is 11.8 Å². The third-order valence-corrected chi connectivity index (χ3v) is 5.31. The van der Waals surface area contributed by atoms with Gasteiger partial charge in [0.2, 0.25) is 5.91 Å². The minimum absolute atomic E-state index is 0.0879. The van der Waals surface area contributed by atoms with Gasteiger partial charge in [-0.15, -0.1) is 0 Å². The second kappa shape index (κ2) is 9.69. The lowest BCUT2D eigenvalue weighted by Crippen LogP contribution is -2.17. The van der Waals surface area contributed by atoms with Gasteiger partial charge in [0.25, 0.3) is 5.56 Å². The average Bonchev–Trinajstić information content (AvgIpc) is 2.71. The first-order chi connectivity index (χ1) is 14.4. The molecular formula is C21H20ClN3O4S. The normalized spacial score (nSPS) is 10.5. The summed E-state index contributed by atoms with van der Waals surface area (Å²) in [6, 6.07) is 12.1. The molecule has 7 nitrogen and oxygen atoms in total. The van der Waals surface area contributed by atoms with Gasteiger partial charge >= 0.3 is 0 Å². The van der Waals surface area contributed by atoms with Gasteiger partial charge in [0, 0.05) is 10.7 Å². The number of benzene rings is 2. The summed E-state index contributed by atoms with van der Waals surface area (Å²) < 4.78 is 10.5. The highest BCUT2D eigenvalue weighted by Gasteiger charge is 2.14. The Morgan fingerprint density at radius 3 is 2.60 bits per heavy atom. The lowest BCUT2D eigenvalue weighted by atomic mass is 10.1. The van der Waals surface area contributed by atoms with Crippen molar-refractivity contribution in [1.82, 2.24) is 9.97 Å². The van der Waals surface area contributed by atoms with Crippen molar-refractivity contribution in [3.63, 3.8) is 0 Å². The number of thioether (sulfide) groups is 1. The van der Waals surface area contributed by atoms with E-state index < -0.39 is 0 Å². The van der Waals surface area contributed by atoms with E-state index in [9.17, 15) is 9.59 Å². The molecule has 30 heavy (non-hydrogen) atoms. The predicted octanol–water partition coefficient (Wildman–Crippen LogP) is 4.15. The lowest BCUT2D eigenvalue weighted by molar-refractivity contribution is -0.113. The molecule has 3 aromatic rings. The third-order valence-electron chi connectivity index (χ3n) is 4.20. The van der Waals surface area contributed by atoms with Crippen LogP contribution in [0.2, 0.25) is 5.02 Å². The number of carbonyl (C=O) groups excluding carboxylic acids is 1. The molecule has 0 spiro atoms. The molecular weight excluding hydrogens is 426 g/mol. The summed E-state index contributed by atoms with van der Waals surface area (Å²) in [6.45, 7) is 1.75. The van der Waals surface area contributed by atoms with Crippen LogP contribution in [0.1, 0.15) is 5.69 Å². The number of hydrogen-bond donors (Lipinski definition) is 2. The van der Waals surface area contributed by atoms with Gasteiger partial charge in [-0.2, -0.15) is 0 Å². The molecule has 0 bridgehead atoms. The Morgan fingerprint density at radius 2 is 1.93 bits per heavy atom. The molecule has 2 N–H and O–H groups in total. The van der Waals surface area contributed by atoms with E-state index >= 15 is 0 Å². The van der Waals surface area contributed by atoms with Crippen molar-refractivity contribution in [3.8, 4) is 22.6 Å². The van der Waals surface area contributed by atoms with Crippen LogP contribution in [-0.4, -0.2) is 35.8 Å². The number of methoxy groups -OCH3 is 2. The number of ether oxygens (including phenoxy) is 2. The quantitative estimate of drug-likeness (QED) is 0.419. The van der Waals surface area contributed by atoms with Gasteiger partial charge in [-0.1, -0.05) is 35.5 Å². The maximum absolute atomic E-state index is 12.7. The van der Waals surface area contributed by atoms with Crippen LogP contribution in [0, 0.1) is 6.92 Å². The number of aromatic nitrogens is 2. The summed E-state index contributed by atoms with van der Waals surface area (Å²) in [5.74, 6) is 0.947. The number of nitrogens with one attached hydrogen (secondary N) is 2. The second-order valence-corrected chi connectivity index (χ2v) is 7.65. The van der Waals surface area contributed by atoms with E-state index in [0.29, 0.717) is 44.2 Å². The number of aromatic amines is 1.